The third kappa shape index (κ3) is 4.26. The first-order valence-electron chi connectivity index (χ1n) is 12.6. The number of hydrogen-bond acceptors (Lipinski definition) is 6. The molecular weight excluding hydrogens is 482 g/mol. The van der Waals surface area contributed by atoms with Gasteiger partial charge in [-0.25, -0.2) is 4.79 Å². The van der Waals surface area contributed by atoms with Crippen molar-refractivity contribution < 1.29 is 23.8 Å². The topological polar surface area (TPSA) is 84.1 Å². The van der Waals surface area contributed by atoms with Gasteiger partial charge in [-0.3, -0.25) is 9.69 Å². The first kappa shape index (κ1) is 24.1. The van der Waals surface area contributed by atoms with Crippen LogP contribution in [0.4, 0.5) is 0 Å². The Kier molecular flexibility index (Phi) is 6.25. The number of para-hydroxylation sites is 1. The third-order valence-electron chi connectivity index (χ3n) is 7.31. The van der Waals surface area contributed by atoms with Crippen LogP contribution in [-0.2, 0) is 27.3 Å². The highest BCUT2D eigenvalue weighted by molar-refractivity contribution is 5.91. The van der Waals surface area contributed by atoms with E-state index >= 15 is 0 Å². The fourth-order valence-corrected chi connectivity index (χ4v) is 5.61. The first-order chi connectivity index (χ1) is 18.5. The Hall–Kier alpha value is -4.30. The van der Waals surface area contributed by atoms with Gasteiger partial charge in [-0.2, -0.15) is 0 Å². The van der Waals surface area contributed by atoms with Crippen molar-refractivity contribution in [2.75, 3.05) is 27.5 Å². The van der Waals surface area contributed by atoms with E-state index < -0.39 is 18.1 Å². The smallest absolute Gasteiger partial charge is 0.328 e. The molecule has 0 saturated carbocycles. The average molecular weight is 512 g/mol. The van der Waals surface area contributed by atoms with Crippen LogP contribution in [0.5, 0.6) is 11.5 Å². The number of methoxy groups -OCH3 is 1. The second-order valence-corrected chi connectivity index (χ2v) is 9.78. The van der Waals surface area contributed by atoms with Gasteiger partial charge in [-0.1, -0.05) is 54.6 Å². The maximum atomic E-state index is 14.1. The summed E-state index contributed by atoms with van der Waals surface area (Å²) in [6.07, 6.45) is 0.362. The second-order valence-electron chi connectivity index (χ2n) is 9.78. The summed E-state index contributed by atoms with van der Waals surface area (Å²) < 4.78 is 16.4. The number of carbonyl (C=O) groups is 2. The first-order valence-corrected chi connectivity index (χ1v) is 12.6. The van der Waals surface area contributed by atoms with E-state index in [-0.39, 0.29) is 19.2 Å². The molecule has 1 aromatic heterocycles. The van der Waals surface area contributed by atoms with Gasteiger partial charge >= 0.3 is 5.97 Å². The van der Waals surface area contributed by atoms with Crippen LogP contribution in [0.1, 0.15) is 28.4 Å². The summed E-state index contributed by atoms with van der Waals surface area (Å²) in [5.74, 6) is 0.678. The highest BCUT2D eigenvalue weighted by Crippen LogP contribution is 2.44. The van der Waals surface area contributed by atoms with E-state index in [4.69, 9.17) is 14.2 Å². The van der Waals surface area contributed by atoms with E-state index in [1.807, 2.05) is 84.7 Å². The molecule has 8 nitrogen and oxygen atoms in total. The number of amides is 1. The summed E-state index contributed by atoms with van der Waals surface area (Å²) in [5, 5.41) is 1.04. The minimum absolute atomic E-state index is 0.138. The molecule has 0 spiro atoms. The molecule has 1 amide bonds. The van der Waals surface area contributed by atoms with Crippen molar-refractivity contribution >= 4 is 22.8 Å². The van der Waals surface area contributed by atoms with Crippen molar-refractivity contribution in [1.82, 2.24) is 14.8 Å². The molecule has 3 heterocycles. The third-order valence-corrected chi connectivity index (χ3v) is 7.31. The molecule has 0 aliphatic carbocycles. The summed E-state index contributed by atoms with van der Waals surface area (Å²) in [7, 11) is 3.28. The Balaban J connectivity index is 1.44. The molecular formula is C30H29N3O5. The molecule has 2 atom stereocenters. The van der Waals surface area contributed by atoms with Crippen LogP contribution in [0.3, 0.4) is 0 Å². The largest absolute Gasteiger partial charge is 0.467 e. The number of ether oxygens (including phenoxy) is 3. The lowest BCUT2D eigenvalue weighted by atomic mass is 9.87. The van der Waals surface area contributed by atoms with Crippen LogP contribution in [0.25, 0.3) is 10.9 Å². The fraction of sp³-hybridized carbons (Fsp3) is 0.267. The van der Waals surface area contributed by atoms with Crippen molar-refractivity contribution in [3.63, 3.8) is 0 Å². The maximum absolute atomic E-state index is 14.1. The van der Waals surface area contributed by atoms with Gasteiger partial charge < -0.3 is 24.1 Å². The molecule has 38 heavy (non-hydrogen) atoms. The lowest BCUT2D eigenvalue weighted by Crippen LogP contribution is -2.54. The normalized spacial score (nSPS) is 18.0. The van der Waals surface area contributed by atoms with Crippen LogP contribution in [0.15, 0.2) is 72.8 Å². The number of nitrogens with one attached hydrogen (secondary N) is 1. The summed E-state index contributed by atoms with van der Waals surface area (Å²) in [4.78, 5) is 34.5. The predicted octanol–water partition coefficient (Wildman–Crippen LogP) is 4.04. The summed E-state index contributed by atoms with van der Waals surface area (Å²) in [6.45, 7) is 0.896. The van der Waals surface area contributed by atoms with E-state index in [0.29, 0.717) is 24.5 Å². The van der Waals surface area contributed by atoms with E-state index in [9.17, 15) is 9.59 Å². The predicted molar refractivity (Wildman–Crippen MR) is 142 cm³/mol. The number of H-pyrrole nitrogens is 1. The number of aromatic amines is 1. The van der Waals surface area contributed by atoms with Crippen LogP contribution < -0.4 is 9.47 Å². The molecule has 3 aromatic carbocycles. The van der Waals surface area contributed by atoms with Gasteiger partial charge in [-0.15, -0.1) is 0 Å². The Morgan fingerprint density at radius 2 is 1.79 bits per heavy atom. The fourth-order valence-electron chi connectivity index (χ4n) is 5.61. The lowest BCUT2D eigenvalue weighted by molar-refractivity contribution is -0.155. The Bertz CT molecular complexity index is 1500. The average Bonchev–Trinajstić information content (AvgIpc) is 3.56. The van der Waals surface area contributed by atoms with E-state index in [1.54, 1.807) is 4.90 Å². The summed E-state index contributed by atoms with van der Waals surface area (Å²) in [6, 6.07) is 22.4. The van der Waals surface area contributed by atoms with Crippen molar-refractivity contribution in [2.24, 2.45) is 0 Å². The number of rotatable bonds is 6. The zero-order chi connectivity index (χ0) is 26.2. The Morgan fingerprint density at radius 3 is 2.61 bits per heavy atom. The zero-order valence-electron chi connectivity index (χ0n) is 21.3. The van der Waals surface area contributed by atoms with Crippen molar-refractivity contribution in [3.8, 4) is 11.5 Å². The SMILES string of the molecule is COC(=O)C1Cc2c([nH]c3ccccc23)C(c2ccc3c(c2)OCO3)N1C(=O)CN(C)Cc1ccccc1. The van der Waals surface area contributed by atoms with Crippen LogP contribution in [-0.4, -0.2) is 60.2 Å². The van der Waals surface area contributed by atoms with Gasteiger partial charge in [0.1, 0.15) is 6.04 Å². The van der Waals surface area contributed by atoms with E-state index in [1.165, 1.54) is 7.11 Å². The zero-order valence-corrected chi connectivity index (χ0v) is 21.3. The van der Waals surface area contributed by atoms with Crippen LogP contribution in [0, 0.1) is 0 Å². The standard InChI is InChI=1S/C30H29N3O5/c1-32(16-19-8-4-3-5-9-19)17-27(34)33-24(30(35)36-2)15-22-21-10-6-7-11-23(21)31-28(22)29(33)20-12-13-25-26(14-20)38-18-37-25/h3-14,24,29,31H,15-18H2,1-2H3. The maximum Gasteiger partial charge on any atom is 0.328 e. The lowest BCUT2D eigenvalue weighted by Gasteiger charge is -2.41. The van der Waals surface area contributed by atoms with Gasteiger partial charge in [0.05, 0.1) is 19.7 Å². The number of carbonyl (C=O) groups excluding carboxylic acids is 2. The number of likely N-dealkylation sites (N-methyl/N-ethyl adjacent to an activating group) is 1. The van der Waals surface area contributed by atoms with Gasteiger partial charge in [0, 0.05) is 29.6 Å². The number of nitrogens with zero attached hydrogens (tertiary/aromatic N) is 2. The minimum atomic E-state index is -0.778. The summed E-state index contributed by atoms with van der Waals surface area (Å²) in [5.41, 5.74) is 4.80. The molecule has 194 valence electrons. The molecule has 6 rings (SSSR count). The van der Waals surface area contributed by atoms with Gasteiger partial charge in [0.2, 0.25) is 12.7 Å². The molecule has 4 aromatic rings. The highest BCUT2D eigenvalue weighted by atomic mass is 16.7. The van der Waals surface area contributed by atoms with E-state index in [2.05, 4.69) is 4.98 Å². The van der Waals surface area contributed by atoms with Crippen molar-refractivity contribution in [2.45, 2.75) is 25.0 Å². The minimum Gasteiger partial charge on any atom is -0.467 e. The number of fused-ring (bicyclic) bond motifs is 4. The van der Waals surface area contributed by atoms with Gasteiger partial charge in [0.15, 0.2) is 11.5 Å². The number of aromatic nitrogens is 1. The van der Waals surface area contributed by atoms with Gasteiger partial charge in [-0.05, 0) is 41.9 Å². The Labute approximate surface area is 220 Å². The van der Waals surface area contributed by atoms with Crippen molar-refractivity contribution in [3.05, 3.63) is 95.2 Å². The molecule has 2 unspecified atom stereocenters. The molecule has 2 aliphatic heterocycles. The molecule has 0 bridgehead atoms. The number of hydrogen-bond donors (Lipinski definition) is 1. The quantitative estimate of drug-likeness (QED) is 0.394. The molecule has 8 heteroatoms. The molecule has 1 N–H and O–H groups in total. The molecule has 0 saturated heterocycles. The molecule has 0 radical (unpaired) electrons. The number of esters is 1. The van der Waals surface area contributed by atoms with Crippen molar-refractivity contribution in [1.29, 1.82) is 0 Å². The van der Waals surface area contributed by atoms with Crippen LogP contribution >= 0.6 is 0 Å². The molecule has 2 aliphatic rings. The van der Waals surface area contributed by atoms with E-state index in [0.717, 1.165) is 33.3 Å². The summed E-state index contributed by atoms with van der Waals surface area (Å²) >= 11 is 0. The number of benzene rings is 3. The Morgan fingerprint density at radius 1 is 1.03 bits per heavy atom. The monoisotopic (exact) mass is 511 g/mol. The molecule has 0 fully saturated rings. The van der Waals surface area contributed by atoms with Crippen LogP contribution in [0.2, 0.25) is 0 Å². The van der Waals surface area contributed by atoms with Gasteiger partial charge in [0.25, 0.3) is 0 Å². The second kappa shape index (κ2) is 9.87. The highest BCUT2D eigenvalue weighted by Gasteiger charge is 2.44.